The summed E-state index contributed by atoms with van der Waals surface area (Å²) < 4.78 is 13.1. The predicted molar refractivity (Wildman–Crippen MR) is 85.6 cm³/mol. The molecule has 128 valence electrons. The third kappa shape index (κ3) is 3.53. The van der Waals surface area contributed by atoms with E-state index in [-0.39, 0.29) is 18.1 Å². The van der Waals surface area contributed by atoms with Gasteiger partial charge in [0, 0.05) is 31.4 Å². The average Bonchev–Trinajstić information content (AvgIpc) is 3.00. The lowest BCUT2D eigenvalue weighted by Gasteiger charge is -2.32. The van der Waals surface area contributed by atoms with Gasteiger partial charge in [0.2, 0.25) is 5.88 Å². The number of hydrogen-bond donors (Lipinski definition) is 0. The molecule has 8 nitrogen and oxygen atoms in total. The van der Waals surface area contributed by atoms with Crippen molar-refractivity contribution in [3.63, 3.8) is 0 Å². The zero-order valence-electron chi connectivity index (χ0n) is 14.0. The highest BCUT2D eigenvalue weighted by molar-refractivity contribution is 5.94. The first-order valence-corrected chi connectivity index (χ1v) is 7.92. The smallest absolute Gasteiger partial charge is 0.254 e. The number of aromatic nitrogens is 4. The van der Waals surface area contributed by atoms with E-state index in [9.17, 15) is 4.79 Å². The van der Waals surface area contributed by atoms with Gasteiger partial charge in [-0.3, -0.25) is 4.79 Å². The third-order valence-electron chi connectivity index (χ3n) is 3.73. The first-order chi connectivity index (χ1) is 11.5. The number of pyridine rings is 1. The van der Waals surface area contributed by atoms with Gasteiger partial charge < -0.3 is 18.9 Å². The first kappa shape index (κ1) is 16.4. The van der Waals surface area contributed by atoms with Crippen molar-refractivity contribution in [1.82, 2.24) is 24.6 Å². The Hall–Kier alpha value is -2.48. The van der Waals surface area contributed by atoms with Crippen molar-refractivity contribution in [1.29, 1.82) is 0 Å². The van der Waals surface area contributed by atoms with Crippen molar-refractivity contribution in [3.8, 4) is 5.88 Å². The third-order valence-corrected chi connectivity index (χ3v) is 3.73. The fraction of sp³-hybridized carbons (Fsp3) is 0.500. The van der Waals surface area contributed by atoms with Crippen LogP contribution < -0.4 is 4.74 Å². The lowest BCUT2D eigenvalue weighted by atomic mass is 10.2. The largest absolute Gasteiger partial charge is 0.475 e. The Morgan fingerprint density at radius 2 is 2.29 bits per heavy atom. The number of amides is 1. The van der Waals surface area contributed by atoms with E-state index in [1.54, 1.807) is 34.1 Å². The number of carbonyl (C=O) groups is 1. The van der Waals surface area contributed by atoms with E-state index >= 15 is 0 Å². The van der Waals surface area contributed by atoms with Crippen LogP contribution in [-0.2, 0) is 11.8 Å². The molecule has 1 saturated heterocycles. The van der Waals surface area contributed by atoms with E-state index in [1.807, 2.05) is 20.9 Å². The van der Waals surface area contributed by atoms with E-state index in [0.29, 0.717) is 37.0 Å². The Labute approximate surface area is 140 Å². The normalized spacial score (nSPS) is 18.0. The van der Waals surface area contributed by atoms with Gasteiger partial charge in [-0.25, -0.2) is 4.98 Å². The Morgan fingerprint density at radius 1 is 1.46 bits per heavy atom. The number of hydrogen-bond acceptors (Lipinski definition) is 6. The molecule has 0 radical (unpaired) electrons. The summed E-state index contributed by atoms with van der Waals surface area (Å²) in [6.45, 7) is 5.28. The summed E-state index contributed by atoms with van der Waals surface area (Å²) in [5.74, 6) is 1.10. The molecule has 1 fully saturated rings. The molecule has 8 heteroatoms. The van der Waals surface area contributed by atoms with Gasteiger partial charge >= 0.3 is 0 Å². The minimum absolute atomic E-state index is 0.00605. The summed E-state index contributed by atoms with van der Waals surface area (Å²) in [5, 5.41) is 7.94. The van der Waals surface area contributed by atoms with Crippen LogP contribution in [0.4, 0.5) is 0 Å². The van der Waals surface area contributed by atoms with Gasteiger partial charge in [-0.05, 0) is 19.9 Å². The number of morpholine rings is 1. The second-order valence-electron chi connectivity index (χ2n) is 5.96. The van der Waals surface area contributed by atoms with E-state index in [0.717, 1.165) is 0 Å². The van der Waals surface area contributed by atoms with Gasteiger partial charge in [-0.15, -0.1) is 10.2 Å². The van der Waals surface area contributed by atoms with Crippen LogP contribution in [0.25, 0.3) is 0 Å². The number of aryl methyl sites for hydroxylation is 1. The molecular weight excluding hydrogens is 310 g/mol. The van der Waals surface area contributed by atoms with Gasteiger partial charge in [0.25, 0.3) is 5.91 Å². The maximum absolute atomic E-state index is 12.8. The lowest BCUT2D eigenvalue weighted by Crippen LogP contribution is -2.42. The molecule has 1 aliphatic rings. The zero-order valence-corrected chi connectivity index (χ0v) is 14.0. The van der Waals surface area contributed by atoms with Crippen LogP contribution in [0.5, 0.6) is 5.88 Å². The minimum Gasteiger partial charge on any atom is -0.475 e. The van der Waals surface area contributed by atoms with Gasteiger partial charge in [-0.2, -0.15) is 0 Å². The molecule has 1 amide bonds. The summed E-state index contributed by atoms with van der Waals surface area (Å²) in [6.07, 6.45) is 2.94. The molecule has 1 aliphatic heterocycles. The highest BCUT2D eigenvalue weighted by atomic mass is 16.5. The van der Waals surface area contributed by atoms with Crippen molar-refractivity contribution in [2.75, 3.05) is 19.7 Å². The van der Waals surface area contributed by atoms with Gasteiger partial charge in [0.15, 0.2) is 5.82 Å². The zero-order chi connectivity index (χ0) is 17.1. The second-order valence-corrected chi connectivity index (χ2v) is 5.96. The molecule has 0 spiro atoms. The first-order valence-electron chi connectivity index (χ1n) is 7.92. The molecule has 0 saturated carbocycles. The molecule has 2 aromatic rings. The Morgan fingerprint density at radius 3 is 3.00 bits per heavy atom. The maximum atomic E-state index is 12.8. The SMILES string of the molecule is CC(C)Oc1cc(C(=O)N2CCOC(c3nncn3C)C2)ccn1. The molecule has 3 heterocycles. The van der Waals surface area contributed by atoms with Gasteiger partial charge in [0.1, 0.15) is 12.4 Å². The summed E-state index contributed by atoms with van der Waals surface area (Å²) in [4.78, 5) is 18.7. The lowest BCUT2D eigenvalue weighted by molar-refractivity contribution is -0.0281. The summed E-state index contributed by atoms with van der Waals surface area (Å²) in [6, 6.07) is 3.37. The van der Waals surface area contributed by atoms with Crippen molar-refractivity contribution < 1.29 is 14.3 Å². The molecule has 2 aromatic heterocycles. The summed E-state index contributed by atoms with van der Waals surface area (Å²) in [7, 11) is 1.86. The number of ether oxygens (including phenoxy) is 2. The molecule has 0 aliphatic carbocycles. The number of nitrogens with zero attached hydrogens (tertiary/aromatic N) is 5. The number of rotatable bonds is 4. The molecule has 0 bridgehead atoms. The Bertz CT molecular complexity index is 715. The minimum atomic E-state index is -0.275. The molecule has 0 N–H and O–H groups in total. The number of carbonyl (C=O) groups excluding carboxylic acids is 1. The molecule has 1 atom stereocenters. The van der Waals surface area contributed by atoms with Crippen LogP contribution in [-0.4, -0.2) is 56.4 Å². The van der Waals surface area contributed by atoms with Crippen LogP contribution in [0, 0.1) is 0 Å². The van der Waals surface area contributed by atoms with Crippen LogP contribution in [0.2, 0.25) is 0 Å². The monoisotopic (exact) mass is 331 g/mol. The van der Waals surface area contributed by atoms with Crippen LogP contribution in [0.1, 0.15) is 36.1 Å². The fourth-order valence-electron chi connectivity index (χ4n) is 2.60. The van der Waals surface area contributed by atoms with Crippen molar-refractivity contribution in [2.45, 2.75) is 26.1 Å². The highest BCUT2D eigenvalue weighted by Gasteiger charge is 2.29. The highest BCUT2D eigenvalue weighted by Crippen LogP contribution is 2.22. The maximum Gasteiger partial charge on any atom is 0.254 e. The summed E-state index contributed by atoms with van der Waals surface area (Å²) in [5.41, 5.74) is 0.555. The quantitative estimate of drug-likeness (QED) is 0.837. The topological polar surface area (TPSA) is 82.4 Å². The van der Waals surface area contributed by atoms with E-state index in [4.69, 9.17) is 9.47 Å². The Balaban J connectivity index is 1.74. The second kappa shape index (κ2) is 6.96. The fourth-order valence-corrected chi connectivity index (χ4v) is 2.60. The van der Waals surface area contributed by atoms with Crippen LogP contribution in [0.15, 0.2) is 24.7 Å². The van der Waals surface area contributed by atoms with Crippen molar-refractivity contribution in [2.24, 2.45) is 7.05 Å². The summed E-state index contributed by atoms with van der Waals surface area (Å²) >= 11 is 0. The van der Waals surface area contributed by atoms with E-state index in [2.05, 4.69) is 15.2 Å². The average molecular weight is 331 g/mol. The van der Waals surface area contributed by atoms with Gasteiger partial charge in [-0.1, -0.05) is 0 Å². The van der Waals surface area contributed by atoms with Crippen molar-refractivity contribution in [3.05, 3.63) is 36.0 Å². The molecule has 0 aromatic carbocycles. The molecule has 1 unspecified atom stereocenters. The van der Waals surface area contributed by atoms with Crippen LogP contribution >= 0.6 is 0 Å². The standard InChI is InChI=1S/C16H21N5O3/c1-11(2)24-14-8-12(4-5-17-14)16(22)21-6-7-23-13(9-21)15-19-18-10-20(15)3/h4-5,8,10-11,13H,6-7,9H2,1-3H3. The van der Waals surface area contributed by atoms with E-state index < -0.39 is 0 Å². The molecule has 24 heavy (non-hydrogen) atoms. The molecular formula is C16H21N5O3. The molecule has 3 rings (SSSR count). The van der Waals surface area contributed by atoms with Gasteiger partial charge in [0.05, 0.1) is 19.3 Å². The predicted octanol–water partition coefficient (Wildman–Crippen LogP) is 1.21. The van der Waals surface area contributed by atoms with E-state index in [1.165, 1.54) is 0 Å². The van der Waals surface area contributed by atoms with Crippen molar-refractivity contribution >= 4 is 5.91 Å². The Kier molecular flexibility index (Phi) is 4.75. The van der Waals surface area contributed by atoms with Crippen LogP contribution in [0.3, 0.4) is 0 Å².